The lowest BCUT2D eigenvalue weighted by Gasteiger charge is -2.13. The van der Waals surface area contributed by atoms with Gasteiger partial charge in [0, 0.05) is 11.5 Å². The number of nitrogens with one attached hydrogen (secondary N) is 2. The minimum absolute atomic E-state index is 0.0318. The van der Waals surface area contributed by atoms with Crippen molar-refractivity contribution in [3.05, 3.63) is 28.3 Å². The van der Waals surface area contributed by atoms with Crippen LogP contribution in [0, 0.1) is 0 Å². The molecule has 0 radical (unpaired) electrons. The van der Waals surface area contributed by atoms with Crippen LogP contribution in [0.5, 0.6) is 0 Å². The summed E-state index contributed by atoms with van der Waals surface area (Å²) in [6, 6.07) is 3.24. The van der Waals surface area contributed by atoms with Crippen LogP contribution < -0.4 is 5.56 Å². The maximum Gasteiger partial charge on any atom is 0.249 e. The molecule has 0 atom stereocenters. The first-order chi connectivity index (χ1) is 6.47. The van der Waals surface area contributed by atoms with Crippen LogP contribution in [0.2, 0.25) is 0 Å². The number of pyridine rings is 1. The molecule has 2 heterocycles. The number of H-pyrrole nitrogens is 2. The molecule has 0 amide bonds. The standard InChI is InChI=1S/C10H13N3O/c1-10(2,3)9-11-6-4-5-7(14)12-8(6)13-9/h4-5H,1-3H3,(H2,11,12,13,14). The molecule has 0 fully saturated rings. The van der Waals surface area contributed by atoms with Crippen LogP contribution in [0.4, 0.5) is 0 Å². The molecule has 4 nitrogen and oxygen atoms in total. The average molecular weight is 191 g/mol. The first kappa shape index (κ1) is 8.99. The quantitative estimate of drug-likeness (QED) is 0.663. The Morgan fingerprint density at radius 3 is 2.57 bits per heavy atom. The zero-order valence-corrected chi connectivity index (χ0v) is 8.51. The summed E-state index contributed by atoms with van der Waals surface area (Å²) in [5, 5.41) is 0. The van der Waals surface area contributed by atoms with Crippen molar-refractivity contribution in [1.29, 1.82) is 0 Å². The van der Waals surface area contributed by atoms with Gasteiger partial charge in [0.05, 0.1) is 5.52 Å². The van der Waals surface area contributed by atoms with E-state index in [-0.39, 0.29) is 11.0 Å². The number of rotatable bonds is 0. The molecule has 2 aromatic heterocycles. The third-order valence-electron chi connectivity index (χ3n) is 2.09. The lowest BCUT2D eigenvalue weighted by atomic mass is 9.96. The van der Waals surface area contributed by atoms with Gasteiger partial charge < -0.3 is 9.97 Å². The summed E-state index contributed by atoms with van der Waals surface area (Å²) in [7, 11) is 0. The first-order valence-corrected chi connectivity index (χ1v) is 4.56. The molecular formula is C10H13N3O. The molecule has 2 rings (SSSR count). The molecule has 0 aliphatic rings. The predicted molar refractivity (Wildman–Crippen MR) is 55.4 cm³/mol. The van der Waals surface area contributed by atoms with E-state index in [1.165, 1.54) is 6.07 Å². The van der Waals surface area contributed by atoms with E-state index in [9.17, 15) is 4.79 Å². The molecule has 0 saturated carbocycles. The molecule has 0 aromatic carbocycles. The van der Waals surface area contributed by atoms with Crippen molar-refractivity contribution in [1.82, 2.24) is 15.0 Å². The van der Waals surface area contributed by atoms with E-state index in [1.807, 2.05) is 0 Å². The molecule has 0 spiro atoms. The molecule has 2 N–H and O–H groups in total. The molecule has 0 saturated heterocycles. The Morgan fingerprint density at radius 2 is 1.93 bits per heavy atom. The molecule has 0 bridgehead atoms. The van der Waals surface area contributed by atoms with Crippen molar-refractivity contribution in [3.8, 4) is 0 Å². The highest BCUT2D eigenvalue weighted by atomic mass is 16.1. The maximum absolute atomic E-state index is 11.0. The smallest absolute Gasteiger partial charge is 0.249 e. The highest BCUT2D eigenvalue weighted by Crippen LogP contribution is 2.20. The Morgan fingerprint density at radius 1 is 1.21 bits per heavy atom. The topological polar surface area (TPSA) is 61.5 Å². The minimum Gasteiger partial charge on any atom is -0.340 e. The van der Waals surface area contributed by atoms with Crippen molar-refractivity contribution < 1.29 is 0 Å². The number of fused-ring (bicyclic) bond motifs is 1. The predicted octanol–water partition coefficient (Wildman–Crippen LogP) is 1.55. The van der Waals surface area contributed by atoms with Crippen molar-refractivity contribution in [3.63, 3.8) is 0 Å². The van der Waals surface area contributed by atoms with Gasteiger partial charge in [-0.3, -0.25) is 4.79 Å². The Balaban J connectivity index is 2.69. The summed E-state index contributed by atoms with van der Waals surface area (Å²) in [4.78, 5) is 21.2. The van der Waals surface area contributed by atoms with Gasteiger partial charge in [-0.2, -0.15) is 0 Å². The SMILES string of the molecule is CC(C)(C)c1nc2[nH]c(=O)ccc2[nH]1. The number of aromatic nitrogens is 3. The highest BCUT2D eigenvalue weighted by Gasteiger charge is 2.18. The molecule has 0 unspecified atom stereocenters. The van der Waals surface area contributed by atoms with E-state index in [0.29, 0.717) is 5.65 Å². The van der Waals surface area contributed by atoms with E-state index in [0.717, 1.165) is 11.3 Å². The lowest BCUT2D eigenvalue weighted by Crippen LogP contribution is -2.13. The number of nitrogens with zero attached hydrogens (tertiary/aromatic N) is 1. The van der Waals surface area contributed by atoms with Crippen LogP contribution in [0.1, 0.15) is 26.6 Å². The van der Waals surface area contributed by atoms with E-state index < -0.39 is 0 Å². The molecular weight excluding hydrogens is 178 g/mol. The van der Waals surface area contributed by atoms with Crippen LogP contribution in [0.25, 0.3) is 11.2 Å². The van der Waals surface area contributed by atoms with Crippen molar-refractivity contribution in [2.75, 3.05) is 0 Å². The second-order valence-electron chi connectivity index (χ2n) is 4.42. The van der Waals surface area contributed by atoms with Gasteiger partial charge in [-0.05, 0) is 6.07 Å². The Kier molecular flexibility index (Phi) is 1.74. The summed E-state index contributed by atoms with van der Waals surface area (Å²) < 4.78 is 0. The van der Waals surface area contributed by atoms with E-state index >= 15 is 0 Å². The Labute approximate surface area is 81.4 Å². The van der Waals surface area contributed by atoms with Crippen molar-refractivity contribution in [2.45, 2.75) is 26.2 Å². The third-order valence-corrected chi connectivity index (χ3v) is 2.09. The second-order valence-corrected chi connectivity index (χ2v) is 4.42. The number of hydrogen-bond acceptors (Lipinski definition) is 2. The zero-order chi connectivity index (χ0) is 10.3. The van der Waals surface area contributed by atoms with E-state index in [1.54, 1.807) is 6.07 Å². The van der Waals surface area contributed by atoms with Gasteiger partial charge in [-0.15, -0.1) is 0 Å². The highest BCUT2D eigenvalue weighted by molar-refractivity contribution is 5.70. The number of imidazole rings is 1. The average Bonchev–Trinajstić information content (AvgIpc) is 2.45. The van der Waals surface area contributed by atoms with Crippen molar-refractivity contribution >= 4 is 11.2 Å². The van der Waals surface area contributed by atoms with Gasteiger partial charge >= 0.3 is 0 Å². The number of aromatic amines is 2. The van der Waals surface area contributed by atoms with Gasteiger partial charge in [0.2, 0.25) is 5.56 Å². The normalized spacial score (nSPS) is 12.2. The summed E-state index contributed by atoms with van der Waals surface area (Å²) in [6.45, 7) is 6.22. The molecule has 4 heteroatoms. The minimum atomic E-state index is -0.121. The Hall–Kier alpha value is -1.58. The van der Waals surface area contributed by atoms with Gasteiger partial charge in [-0.1, -0.05) is 20.8 Å². The van der Waals surface area contributed by atoms with Gasteiger partial charge in [0.1, 0.15) is 5.82 Å². The zero-order valence-electron chi connectivity index (χ0n) is 8.51. The number of hydrogen-bond donors (Lipinski definition) is 2. The summed E-state index contributed by atoms with van der Waals surface area (Å²) in [5.74, 6) is 0.884. The molecule has 74 valence electrons. The molecule has 0 aliphatic carbocycles. The second kappa shape index (κ2) is 2.70. The monoisotopic (exact) mass is 191 g/mol. The van der Waals surface area contributed by atoms with Gasteiger partial charge in [0.15, 0.2) is 5.65 Å². The van der Waals surface area contributed by atoms with Crippen molar-refractivity contribution in [2.24, 2.45) is 0 Å². The van der Waals surface area contributed by atoms with E-state index in [2.05, 4.69) is 35.7 Å². The summed E-state index contributed by atoms with van der Waals surface area (Å²) in [6.07, 6.45) is 0. The van der Waals surface area contributed by atoms with Gasteiger partial charge in [0.25, 0.3) is 0 Å². The molecule has 2 aromatic rings. The maximum atomic E-state index is 11.0. The first-order valence-electron chi connectivity index (χ1n) is 4.56. The summed E-state index contributed by atoms with van der Waals surface area (Å²) in [5.41, 5.74) is 1.34. The van der Waals surface area contributed by atoms with Crippen LogP contribution in [-0.4, -0.2) is 15.0 Å². The van der Waals surface area contributed by atoms with Crippen LogP contribution in [0.15, 0.2) is 16.9 Å². The molecule has 0 aliphatic heterocycles. The van der Waals surface area contributed by atoms with Gasteiger partial charge in [-0.25, -0.2) is 4.98 Å². The fourth-order valence-electron chi connectivity index (χ4n) is 1.28. The largest absolute Gasteiger partial charge is 0.340 e. The Bertz CT molecular complexity index is 516. The fourth-order valence-corrected chi connectivity index (χ4v) is 1.28. The van der Waals surface area contributed by atoms with Crippen LogP contribution in [-0.2, 0) is 5.41 Å². The van der Waals surface area contributed by atoms with E-state index in [4.69, 9.17) is 0 Å². The molecule has 14 heavy (non-hydrogen) atoms. The van der Waals surface area contributed by atoms with Crippen LogP contribution in [0.3, 0.4) is 0 Å². The summed E-state index contributed by atoms with van der Waals surface area (Å²) >= 11 is 0. The fraction of sp³-hybridized carbons (Fsp3) is 0.400. The lowest BCUT2D eigenvalue weighted by molar-refractivity contribution is 0.554. The van der Waals surface area contributed by atoms with Crippen LogP contribution >= 0.6 is 0 Å². The third kappa shape index (κ3) is 1.43.